The molecule has 21 heavy (non-hydrogen) atoms. The van der Waals surface area contributed by atoms with Crippen LogP contribution in [-0.2, 0) is 6.61 Å². The van der Waals surface area contributed by atoms with Gasteiger partial charge in [0.2, 0.25) is 0 Å². The molecule has 0 fully saturated rings. The van der Waals surface area contributed by atoms with Crippen molar-refractivity contribution in [1.29, 1.82) is 0 Å². The van der Waals surface area contributed by atoms with Gasteiger partial charge in [-0.25, -0.2) is 4.98 Å². The Morgan fingerprint density at radius 3 is 2.48 bits per heavy atom. The van der Waals surface area contributed by atoms with Crippen molar-refractivity contribution in [2.45, 2.75) is 12.7 Å². The van der Waals surface area contributed by atoms with Gasteiger partial charge in [-0.2, -0.15) is 0 Å². The van der Waals surface area contributed by atoms with Crippen molar-refractivity contribution in [3.05, 3.63) is 83.9 Å². The molecule has 3 rings (SSSR count). The van der Waals surface area contributed by atoms with Crippen LogP contribution in [0.2, 0.25) is 0 Å². The number of benzene rings is 2. The van der Waals surface area contributed by atoms with E-state index >= 15 is 0 Å². The first-order valence-electron chi connectivity index (χ1n) is 6.76. The van der Waals surface area contributed by atoms with Crippen LogP contribution in [0, 0.1) is 0 Å². The molecule has 0 saturated heterocycles. The number of imidazole rings is 1. The van der Waals surface area contributed by atoms with Crippen LogP contribution >= 0.6 is 0 Å². The zero-order valence-electron chi connectivity index (χ0n) is 11.4. The highest BCUT2D eigenvalue weighted by Gasteiger charge is 2.11. The molecule has 1 aromatic heterocycles. The van der Waals surface area contributed by atoms with Crippen molar-refractivity contribution in [1.82, 2.24) is 9.97 Å². The topological polar surface area (TPSA) is 58.1 Å². The van der Waals surface area contributed by atoms with Gasteiger partial charge in [0.15, 0.2) is 0 Å². The molecular formula is C17H16N2O2. The molecule has 1 heterocycles. The lowest BCUT2D eigenvalue weighted by Crippen LogP contribution is -2.00. The van der Waals surface area contributed by atoms with E-state index in [9.17, 15) is 5.11 Å². The molecule has 0 aliphatic rings. The molecule has 0 saturated carbocycles. The number of aliphatic hydroxyl groups excluding tert-OH is 1. The lowest BCUT2D eigenvalue weighted by atomic mass is 10.1. The van der Waals surface area contributed by atoms with Gasteiger partial charge < -0.3 is 14.8 Å². The number of nitrogens with zero attached hydrogens (tertiary/aromatic N) is 1. The summed E-state index contributed by atoms with van der Waals surface area (Å²) in [6.45, 7) is 0.530. The molecule has 1 atom stereocenters. The molecule has 3 aromatic rings. The van der Waals surface area contributed by atoms with Crippen LogP contribution in [0.25, 0.3) is 0 Å². The number of aromatic nitrogens is 2. The Balaban J connectivity index is 1.64. The zero-order valence-corrected chi connectivity index (χ0v) is 11.4. The summed E-state index contributed by atoms with van der Waals surface area (Å²) >= 11 is 0. The smallest absolute Gasteiger partial charge is 0.122 e. The summed E-state index contributed by atoms with van der Waals surface area (Å²) in [5, 5.41) is 10.2. The Labute approximate surface area is 123 Å². The lowest BCUT2D eigenvalue weighted by molar-refractivity contribution is 0.215. The molecule has 4 nitrogen and oxygen atoms in total. The van der Waals surface area contributed by atoms with Gasteiger partial charge in [-0.3, -0.25) is 0 Å². The number of hydrogen-bond acceptors (Lipinski definition) is 3. The van der Waals surface area contributed by atoms with Gasteiger partial charge in [-0.05, 0) is 23.3 Å². The number of nitrogens with one attached hydrogen (secondary N) is 1. The van der Waals surface area contributed by atoms with Gasteiger partial charge in [-0.15, -0.1) is 0 Å². The Kier molecular flexibility index (Phi) is 3.98. The van der Waals surface area contributed by atoms with Crippen LogP contribution in [0.15, 0.2) is 67.1 Å². The molecule has 0 bridgehead atoms. The van der Waals surface area contributed by atoms with Crippen LogP contribution in [0.3, 0.4) is 0 Å². The highest BCUT2D eigenvalue weighted by atomic mass is 16.5. The molecule has 0 radical (unpaired) electrons. The highest BCUT2D eigenvalue weighted by molar-refractivity contribution is 5.31. The minimum absolute atomic E-state index is 0.530. The van der Waals surface area contributed by atoms with E-state index in [-0.39, 0.29) is 0 Å². The molecular weight excluding hydrogens is 264 g/mol. The third-order valence-electron chi connectivity index (χ3n) is 3.24. The number of aromatic amines is 1. The van der Waals surface area contributed by atoms with Gasteiger partial charge in [0.1, 0.15) is 18.5 Å². The predicted octanol–water partition coefficient (Wildman–Crippen LogP) is 3.07. The maximum absolute atomic E-state index is 10.2. The summed E-state index contributed by atoms with van der Waals surface area (Å²) < 4.78 is 5.71. The number of aliphatic hydroxyl groups is 1. The van der Waals surface area contributed by atoms with Crippen molar-refractivity contribution >= 4 is 0 Å². The lowest BCUT2D eigenvalue weighted by Gasteiger charge is -2.10. The van der Waals surface area contributed by atoms with Crippen molar-refractivity contribution < 1.29 is 9.84 Å². The number of H-pyrrole nitrogens is 1. The van der Waals surface area contributed by atoms with Crippen LogP contribution in [0.5, 0.6) is 5.75 Å². The summed E-state index contributed by atoms with van der Waals surface area (Å²) in [6.07, 6.45) is 2.51. The number of ether oxygens (including phenoxy) is 1. The van der Waals surface area contributed by atoms with Crippen molar-refractivity contribution in [2.75, 3.05) is 0 Å². The molecule has 0 aliphatic heterocycles. The van der Waals surface area contributed by atoms with E-state index in [1.165, 1.54) is 0 Å². The average Bonchev–Trinajstić information content (AvgIpc) is 3.08. The summed E-state index contributed by atoms with van der Waals surface area (Å²) in [5.41, 5.74) is 2.51. The molecule has 1 unspecified atom stereocenters. The van der Waals surface area contributed by atoms with Gasteiger partial charge >= 0.3 is 0 Å². The summed E-state index contributed by atoms with van der Waals surface area (Å²) in [5.74, 6) is 0.775. The second-order valence-corrected chi connectivity index (χ2v) is 4.74. The molecule has 0 spiro atoms. The summed E-state index contributed by atoms with van der Waals surface area (Å²) in [7, 11) is 0. The van der Waals surface area contributed by atoms with E-state index in [4.69, 9.17) is 4.74 Å². The Morgan fingerprint density at radius 1 is 1.05 bits per heavy atom. The SMILES string of the molecule is OC(c1ccc(OCc2ccccc2)cc1)c1c[nH]cn1. The normalized spacial score (nSPS) is 12.0. The van der Waals surface area contributed by atoms with E-state index in [0.717, 1.165) is 16.9 Å². The Hall–Kier alpha value is -2.59. The van der Waals surface area contributed by atoms with Crippen LogP contribution in [0.1, 0.15) is 22.9 Å². The minimum atomic E-state index is -0.723. The van der Waals surface area contributed by atoms with E-state index < -0.39 is 6.10 Å². The Bertz CT molecular complexity index is 664. The third kappa shape index (κ3) is 3.30. The van der Waals surface area contributed by atoms with Gasteiger partial charge in [-0.1, -0.05) is 42.5 Å². The first-order valence-corrected chi connectivity index (χ1v) is 6.76. The second-order valence-electron chi connectivity index (χ2n) is 4.74. The molecule has 0 amide bonds. The zero-order chi connectivity index (χ0) is 14.5. The van der Waals surface area contributed by atoms with Crippen molar-refractivity contribution in [2.24, 2.45) is 0 Å². The van der Waals surface area contributed by atoms with Crippen molar-refractivity contribution in [3.63, 3.8) is 0 Å². The molecule has 106 valence electrons. The fourth-order valence-corrected chi connectivity index (χ4v) is 2.08. The summed E-state index contributed by atoms with van der Waals surface area (Å²) in [6, 6.07) is 17.4. The standard InChI is InChI=1S/C17H16N2O2/c20-17(16-10-18-12-19-16)14-6-8-15(9-7-14)21-11-13-4-2-1-3-5-13/h1-10,12,17,20H,11H2,(H,18,19). The van der Waals surface area contributed by atoms with Gasteiger partial charge in [0, 0.05) is 6.20 Å². The second kappa shape index (κ2) is 6.24. The predicted molar refractivity (Wildman–Crippen MR) is 79.9 cm³/mol. The third-order valence-corrected chi connectivity index (χ3v) is 3.24. The van der Waals surface area contributed by atoms with E-state index in [2.05, 4.69) is 9.97 Å². The molecule has 2 aromatic carbocycles. The number of rotatable bonds is 5. The summed E-state index contributed by atoms with van der Waals surface area (Å²) in [4.78, 5) is 6.89. The molecule has 2 N–H and O–H groups in total. The van der Waals surface area contributed by atoms with Crippen LogP contribution in [-0.4, -0.2) is 15.1 Å². The average molecular weight is 280 g/mol. The molecule has 0 aliphatic carbocycles. The first kappa shape index (κ1) is 13.4. The van der Waals surface area contributed by atoms with E-state index in [0.29, 0.717) is 12.3 Å². The van der Waals surface area contributed by atoms with E-state index in [1.54, 1.807) is 12.5 Å². The Morgan fingerprint density at radius 2 is 1.81 bits per heavy atom. The maximum atomic E-state index is 10.2. The largest absolute Gasteiger partial charge is 0.489 e. The quantitative estimate of drug-likeness (QED) is 0.755. The first-order chi connectivity index (χ1) is 10.3. The fourth-order valence-electron chi connectivity index (χ4n) is 2.08. The molecule has 4 heteroatoms. The van der Waals surface area contributed by atoms with Crippen LogP contribution < -0.4 is 4.74 Å². The maximum Gasteiger partial charge on any atom is 0.122 e. The minimum Gasteiger partial charge on any atom is -0.489 e. The van der Waals surface area contributed by atoms with E-state index in [1.807, 2.05) is 54.6 Å². The monoisotopic (exact) mass is 280 g/mol. The van der Waals surface area contributed by atoms with Crippen molar-refractivity contribution in [3.8, 4) is 5.75 Å². The van der Waals surface area contributed by atoms with Crippen LogP contribution in [0.4, 0.5) is 0 Å². The fraction of sp³-hybridized carbons (Fsp3) is 0.118. The number of hydrogen-bond donors (Lipinski definition) is 2. The van der Waals surface area contributed by atoms with Gasteiger partial charge in [0.25, 0.3) is 0 Å². The van der Waals surface area contributed by atoms with Gasteiger partial charge in [0.05, 0.1) is 12.0 Å². The highest BCUT2D eigenvalue weighted by Crippen LogP contribution is 2.22.